The zero-order chi connectivity index (χ0) is 14.3. The van der Waals surface area contributed by atoms with Crippen molar-refractivity contribution < 1.29 is 4.79 Å². The Balaban J connectivity index is 2.32. The zero-order valence-electron chi connectivity index (χ0n) is 11.0. The van der Waals surface area contributed by atoms with Crippen molar-refractivity contribution in [1.82, 2.24) is 16.2 Å². The molecule has 0 radical (unpaired) electrons. The third kappa shape index (κ3) is 6.54. The van der Waals surface area contributed by atoms with E-state index in [2.05, 4.69) is 45.9 Å². The number of carbonyl (C=O) groups excluding carboxylic acids is 1. The lowest BCUT2D eigenvalue weighted by atomic mass is 10.1. The monoisotopic (exact) mass is 343 g/mol. The summed E-state index contributed by atoms with van der Waals surface area (Å²) in [4.78, 5) is 11.8. The number of thiocarbonyl (C=S) groups is 1. The van der Waals surface area contributed by atoms with E-state index in [9.17, 15) is 4.79 Å². The van der Waals surface area contributed by atoms with Gasteiger partial charge in [0.1, 0.15) is 0 Å². The van der Waals surface area contributed by atoms with Crippen LogP contribution in [0, 0.1) is 5.92 Å². The van der Waals surface area contributed by atoms with Crippen LogP contribution in [0.3, 0.4) is 0 Å². The smallest absolute Gasteiger partial charge is 0.269 e. The number of benzene rings is 1. The minimum absolute atomic E-state index is 0.227. The van der Waals surface area contributed by atoms with E-state index in [1.807, 2.05) is 6.07 Å². The second-order valence-electron chi connectivity index (χ2n) is 4.53. The molecule has 1 amide bonds. The normalized spacial score (nSPS) is 10.1. The Hall–Kier alpha value is -1.14. The van der Waals surface area contributed by atoms with E-state index in [1.165, 1.54) is 0 Å². The molecule has 0 bridgehead atoms. The topological polar surface area (TPSA) is 53.2 Å². The number of rotatable bonds is 4. The molecule has 0 aliphatic rings. The van der Waals surface area contributed by atoms with Gasteiger partial charge in [0.15, 0.2) is 5.11 Å². The van der Waals surface area contributed by atoms with E-state index >= 15 is 0 Å². The van der Waals surface area contributed by atoms with Crippen LogP contribution in [-0.2, 0) is 0 Å². The highest BCUT2D eigenvalue weighted by molar-refractivity contribution is 9.10. The molecule has 104 valence electrons. The maximum absolute atomic E-state index is 11.8. The molecule has 1 aromatic carbocycles. The molecule has 0 saturated carbocycles. The maximum Gasteiger partial charge on any atom is 0.269 e. The Kier molecular flexibility index (Phi) is 6.80. The van der Waals surface area contributed by atoms with Crippen LogP contribution in [0.2, 0.25) is 0 Å². The molecule has 0 fully saturated rings. The van der Waals surface area contributed by atoms with E-state index in [0.29, 0.717) is 16.6 Å². The molecule has 0 aromatic heterocycles. The predicted molar refractivity (Wildman–Crippen MR) is 84.8 cm³/mol. The Morgan fingerprint density at radius 3 is 2.74 bits per heavy atom. The van der Waals surface area contributed by atoms with Gasteiger partial charge in [-0.3, -0.25) is 15.6 Å². The average Bonchev–Trinajstić information content (AvgIpc) is 2.35. The highest BCUT2D eigenvalue weighted by Gasteiger charge is 2.05. The SMILES string of the molecule is CC(C)CCNC(=S)NNC(=O)c1cccc(Br)c1. The average molecular weight is 344 g/mol. The predicted octanol–water partition coefficient (Wildman–Crippen LogP) is 2.60. The molecule has 0 aliphatic heterocycles. The van der Waals surface area contributed by atoms with Crippen LogP contribution in [0.5, 0.6) is 0 Å². The zero-order valence-corrected chi connectivity index (χ0v) is 13.4. The van der Waals surface area contributed by atoms with Crippen LogP contribution in [0.15, 0.2) is 28.7 Å². The van der Waals surface area contributed by atoms with Gasteiger partial charge in [0.25, 0.3) is 5.91 Å². The number of hydrogen-bond acceptors (Lipinski definition) is 2. The molecule has 0 spiro atoms. The molecule has 1 rings (SSSR count). The Bertz CT molecular complexity index is 451. The van der Waals surface area contributed by atoms with Gasteiger partial charge >= 0.3 is 0 Å². The van der Waals surface area contributed by atoms with Crippen molar-refractivity contribution in [2.75, 3.05) is 6.54 Å². The summed E-state index contributed by atoms with van der Waals surface area (Å²) < 4.78 is 0.859. The summed E-state index contributed by atoms with van der Waals surface area (Å²) in [7, 11) is 0. The number of hydrogen-bond donors (Lipinski definition) is 3. The second kappa shape index (κ2) is 8.12. The van der Waals surface area contributed by atoms with Crippen molar-refractivity contribution in [3.05, 3.63) is 34.3 Å². The Labute approximate surface area is 127 Å². The summed E-state index contributed by atoms with van der Waals surface area (Å²) in [5, 5.41) is 3.45. The van der Waals surface area contributed by atoms with Crippen molar-refractivity contribution in [3.63, 3.8) is 0 Å². The van der Waals surface area contributed by atoms with E-state index in [4.69, 9.17) is 12.2 Å². The van der Waals surface area contributed by atoms with Gasteiger partial charge in [0.2, 0.25) is 0 Å². The number of carbonyl (C=O) groups is 1. The van der Waals surface area contributed by atoms with Gasteiger partial charge < -0.3 is 5.32 Å². The third-order valence-electron chi connectivity index (χ3n) is 2.38. The first kappa shape index (κ1) is 15.9. The largest absolute Gasteiger partial charge is 0.361 e. The second-order valence-corrected chi connectivity index (χ2v) is 5.85. The summed E-state index contributed by atoms with van der Waals surface area (Å²) >= 11 is 8.37. The number of hydrazine groups is 1. The van der Waals surface area contributed by atoms with Crippen molar-refractivity contribution in [2.24, 2.45) is 5.92 Å². The van der Waals surface area contributed by atoms with Crippen molar-refractivity contribution >= 4 is 39.2 Å². The lowest BCUT2D eigenvalue weighted by Crippen LogP contribution is -2.47. The number of nitrogens with one attached hydrogen (secondary N) is 3. The molecular weight excluding hydrogens is 326 g/mol. The van der Waals surface area contributed by atoms with E-state index in [0.717, 1.165) is 17.4 Å². The summed E-state index contributed by atoms with van der Waals surface area (Å²) in [5.41, 5.74) is 5.79. The van der Waals surface area contributed by atoms with Gasteiger partial charge in [0, 0.05) is 16.6 Å². The lowest BCUT2D eigenvalue weighted by molar-refractivity contribution is 0.0943. The molecule has 0 saturated heterocycles. The molecule has 0 heterocycles. The number of amides is 1. The molecule has 1 aromatic rings. The Morgan fingerprint density at radius 2 is 2.11 bits per heavy atom. The standard InChI is InChI=1S/C13H18BrN3OS/c1-9(2)6-7-15-13(19)17-16-12(18)10-4-3-5-11(14)8-10/h3-5,8-9H,6-7H2,1-2H3,(H,16,18)(H2,15,17,19). The maximum atomic E-state index is 11.8. The van der Waals surface area contributed by atoms with Gasteiger partial charge in [0.05, 0.1) is 0 Å². The summed E-state index contributed by atoms with van der Waals surface area (Å²) in [6.45, 7) is 5.08. The van der Waals surface area contributed by atoms with Gasteiger partial charge in [-0.25, -0.2) is 0 Å². The quantitative estimate of drug-likeness (QED) is 0.581. The van der Waals surface area contributed by atoms with Crippen molar-refractivity contribution in [2.45, 2.75) is 20.3 Å². The molecule has 4 nitrogen and oxygen atoms in total. The fourth-order valence-corrected chi connectivity index (χ4v) is 1.89. The molecular formula is C13H18BrN3OS. The highest BCUT2D eigenvalue weighted by Crippen LogP contribution is 2.11. The van der Waals surface area contributed by atoms with Gasteiger partial charge in [-0.2, -0.15) is 0 Å². The van der Waals surface area contributed by atoms with E-state index in [-0.39, 0.29) is 5.91 Å². The Morgan fingerprint density at radius 1 is 1.37 bits per heavy atom. The molecule has 19 heavy (non-hydrogen) atoms. The molecule has 6 heteroatoms. The fourth-order valence-electron chi connectivity index (χ4n) is 1.33. The summed E-state index contributed by atoms with van der Waals surface area (Å²) in [5.74, 6) is 0.390. The van der Waals surface area contributed by atoms with Crippen LogP contribution < -0.4 is 16.2 Å². The number of halogens is 1. The van der Waals surface area contributed by atoms with Crippen LogP contribution in [0.25, 0.3) is 0 Å². The molecule has 0 aliphatic carbocycles. The van der Waals surface area contributed by atoms with E-state index < -0.39 is 0 Å². The van der Waals surface area contributed by atoms with Gasteiger partial charge in [-0.1, -0.05) is 35.8 Å². The fraction of sp³-hybridized carbons (Fsp3) is 0.385. The summed E-state index contributed by atoms with van der Waals surface area (Å²) in [6, 6.07) is 7.14. The van der Waals surface area contributed by atoms with Crippen LogP contribution >= 0.6 is 28.1 Å². The first-order valence-corrected chi connectivity index (χ1v) is 7.29. The third-order valence-corrected chi connectivity index (χ3v) is 3.12. The molecule has 0 unspecified atom stereocenters. The highest BCUT2D eigenvalue weighted by atomic mass is 79.9. The molecule has 0 atom stereocenters. The summed E-state index contributed by atoms with van der Waals surface area (Å²) in [6.07, 6.45) is 1.03. The van der Waals surface area contributed by atoms with Gasteiger partial charge in [-0.15, -0.1) is 0 Å². The molecule has 3 N–H and O–H groups in total. The van der Waals surface area contributed by atoms with Crippen LogP contribution in [0.1, 0.15) is 30.6 Å². The lowest BCUT2D eigenvalue weighted by Gasteiger charge is -2.12. The van der Waals surface area contributed by atoms with Crippen molar-refractivity contribution in [1.29, 1.82) is 0 Å². The van der Waals surface area contributed by atoms with Crippen LogP contribution in [0.4, 0.5) is 0 Å². The van der Waals surface area contributed by atoms with E-state index in [1.54, 1.807) is 18.2 Å². The minimum atomic E-state index is -0.227. The first-order chi connectivity index (χ1) is 8.99. The van der Waals surface area contributed by atoms with Gasteiger partial charge in [-0.05, 0) is 42.8 Å². The first-order valence-electron chi connectivity index (χ1n) is 6.09. The van der Waals surface area contributed by atoms with Crippen molar-refractivity contribution in [3.8, 4) is 0 Å². The minimum Gasteiger partial charge on any atom is -0.361 e. The van der Waals surface area contributed by atoms with Crippen LogP contribution in [-0.4, -0.2) is 17.6 Å².